The highest BCUT2D eigenvalue weighted by atomic mass is 16.4. The van der Waals surface area contributed by atoms with E-state index in [1.807, 2.05) is 6.07 Å². The molecule has 0 saturated heterocycles. The van der Waals surface area contributed by atoms with Crippen LogP contribution in [-0.2, 0) is 30.4 Å². The largest absolute Gasteiger partial charge is 0.481 e. The van der Waals surface area contributed by atoms with Gasteiger partial charge in [-0.05, 0) is 31.2 Å². The average molecular weight is 495 g/mol. The van der Waals surface area contributed by atoms with Gasteiger partial charge >= 0.3 is 11.9 Å². The smallest absolute Gasteiger partial charge is 0.328 e. The van der Waals surface area contributed by atoms with E-state index in [2.05, 4.69) is 16.0 Å². The summed E-state index contributed by atoms with van der Waals surface area (Å²) in [6.45, 7) is 4.39. The molecule has 0 aromatic heterocycles. The van der Waals surface area contributed by atoms with Gasteiger partial charge in [0.05, 0.1) is 12.1 Å². The molecule has 8 N–H and O–H groups in total. The van der Waals surface area contributed by atoms with Crippen LogP contribution in [0.4, 0.5) is 0 Å². The van der Waals surface area contributed by atoms with Crippen LogP contribution in [0.25, 0.3) is 0 Å². The van der Waals surface area contributed by atoms with E-state index in [1.54, 1.807) is 38.1 Å². The Kier molecular flexibility index (Phi) is 11.8. The third-order valence-electron chi connectivity index (χ3n) is 5.21. The molecule has 0 aliphatic carbocycles. The monoisotopic (exact) mass is 494 g/mol. The third kappa shape index (κ3) is 10.1. The first-order valence-electron chi connectivity index (χ1n) is 11.2. The van der Waals surface area contributed by atoms with E-state index in [1.165, 1.54) is 6.92 Å². The minimum atomic E-state index is -1.60. The average Bonchev–Trinajstić information content (AvgIpc) is 2.77. The number of rotatable bonds is 14. The topological polar surface area (TPSA) is 208 Å². The van der Waals surface area contributed by atoms with Crippen molar-refractivity contribution in [2.75, 3.05) is 0 Å². The molecule has 12 nitrogen and oxygen atoms in total. The Labute approximate surface area is 203 Å². The molecule has 0 aliphatic rings. The Balaban J connectivity index is 2.96. The number of nitrogens with two attached hydrogens (primary N) is 1. The van der Waals surface area contributed by atoms with E-state index in [-0.39, 0.29) is 12.8 Å². The Morgan fingerprint density at radius 2 is 1.43 bits per heavy atom. The fraction of sp³-hybridized carbons (Fsp3) is 0.522. The van der Waals surface area contributed by atoms with Crippen molar-refractivity contribution in [2.24, 2.45) is 11.7 Å². The summed E-state index contributed by atoms with van der Waals surface area (Å²) in [6.07, 6.45) is -1.91. The van der Waals surface area contributed by atoms with Crippen molar-refractivity contribution in [2.45, 2.75) is 70.3 Å². The number of aliphatic hydroxyl groups is 1. The van der Waals surface area contributed by atoms with Crippen LogP contribution >= 0.6 is 0 Å². The lowest BCUT2D eigenvalue weighted by atomic mass is 10.0. The van der Waals surface area contributed by atoms with E-state index in [0.29, 0.717) is 0 Å². The second-order valence-electron chi connectivity index (χ2n) is 8.59. The number of carbonyl (C=O) groups is 5. The van der Waals surface area contributed by atoms with Crippen LogP contribution in [0, 0.1) is 5.92 Å². The van der Waals surface area contributed by atoms with Gasteiger partial charge in [-0.2, -0.15) is 0 Å². The molecule has 1 aromatic rings. The minimum Gasteiger partial charge on any atom is -0.481 e. The first-order chi connectivity index (χ1) is 16.3. The van der Waals surface area contributed by atoms with E-state index in [0.717, 1.165) is 5.56 Å². The summed E-state index contributed by atoms with van der Waals surface area (Å²) < 4.78 is 0. The Hall–Kier alpha value is -3.51. The normalized spacial score (nSPS) is 15.3. The number of hydrogen-bond acceptors (Lipinski definition) is 7. The zero-order chi connectivity index (χ0) is 26.7. The van der Waals surface area contributed by atoms with Crippen molar-refractivity contribution in [1.82, 2.24) is 16.0 Å². The predicted octanol–water partition coefficient (Wildman–Crippen LogP) is -1.00. The summed E-state index contributed by atoms with van der Waals surface area (Å²) in [6, 6.07) is 3.81. The number of nitrogens with one attached hydrogen (secondary N) is 3. The quantitative estimate of drug-likeness (QED) is 0.169. The van der Waals surface area contributed by atoms with Gasteiger partial charge in [0, 0.05) is 6.42 Å². The molecule has 0 heterocycles. The molecule has 35 heavy (non-hydrogen) atoms. The van der Waals surface area contributed by atoms with Gasteiger partial charge in [0.25, 0.3) is 0 Å². The Morgan fingerprint density at radius 1 is 0.857 bits per heavy atom. The number of aliphatic carboxylic acids is 2. The van der Waals surface area contributed by atoms with E-state index < -0.39 is 72.3 Å². The van der Waals surface area contributed by atoms with E-state index in [9.17, 15) is 34.2 Å². The van der Waals surface area contributed by atoms with Gasteiger partial charge in [-0.15, -0.1) is 0 Å². The summed E-state index contributed by atoms with van der Waals surface area (Å²) in [5.41, 5.74) is 6.76. The molecule has 0 radical (unpaired) electrons. The maximum Gasteiger partial charge on any atom is 0.328 e. The Morgan fingerprint density at radius 3 is 1.91 bits per heavy atom. The second-order valence-corrected chi connectivity index (χ2v) is 8.59. The van der Waals surface area contributed by atoms with Crippen molar-refractivity contribution in [3.8, 4) is 0 Å². The van der Waals surface area contributed by atoms with Crippen molar-refractivity contribution in [1.29, 1.82) is 0 Å². The second kappa shape index (κ2) is 14.0. The highest BCUT2D eigenvalue weighted by Crippen LogP contribution is 2.08. The zero-order valence-electron chi connectivity index (χ0n) is 19.9. The van der Waals surface area contributed by atoms with E-state index in [4.69, 9.17) is 10.8 Å². The lowest BCUT2D eigenvalue weighted by Gasteiger charge is -2.27. The van der Waals surface area contributed by atoms with Gasteiger partial charge in [-0.25, -0.2) is 4.79 Å². The summed E-state index contributed by atoms with van der Waals surface area (Å²) in [5.74, 6) is -5.51. The lowest BCUT2D eigenvalue weighted by molar-refractivity contribution is -0.145. The maximum atomic E-state index is 12.9. The highest BCUT2D eigenvalue weighted by Gasteiger charge is 2.33. The van der Waals surface area contributed by atoms with Crippen LogP contribution in [0.2, 0.25) is 0 Å². The van der Waals surface area contributed by atoms with Crippen LogP contribution < -0.4 is 21.7 Å². The molecule has 3 amide bonds. The molecule has 0 aliphatic heterocycles. The molecule has 0 saturated carbocycles. The summed E-state index contributed by atoms with van der Waals surface area (Å²) in [4.78, 5) is 60.6. The number of benzene rings is 1. The number of carbonyl (C=O) groups excluding carboxylic acids is 3. The molecule has 194 valence electrons. The fourth-order valence-electron chi connectivity index (χ4n) is 3.20. The van der Waals surface area contributed by atoms with Crippen molar-refractivity contribution < 1.29 is 39.3 Å². The molecule has 5 unspecified atom stereocenters. The van der Waals surface area contributed by atoms with E-state index >= 15 is 0 Å². The Bertz CT molecular complexity index is 891. The molecule has 1 aromatic carbocycles. The fourth-order valence-corrected chi connectivity index (χ4v) is 3.20. The van der Waals surface area contributed by atoms with Gasteiger partial charge in [-0.1, -0.05) is 44.2 Å². The molecule has 0 spiro atoms. The number of carboxylic acids is 2. The first-order valence-corrected chi connectivity index (χ1v) is 11.2. The molecular formula is C23H34N4O8. The highest BCUT2D eigenvalue weighted by molar-refractivity contribution is 5.94. The van der Waals surface area contributed by atoms with Crippen LogP contribution in [0.15, 0.2) is 30.3 Å². The van der Waals surface area contributed by atoms with Gasteiger partial charge in [0.2, 0.25) is 17.7 Å². The number of aliphatic hydroxyl groups excluding tert-OH is 1. The molecule has 12 heteroatoms. The zero-order valence-corrected chi connectivity index (χ0v) is 19.9. The van der Waals surface area contributed by atoms with Crippen molar-refractivity contribution in [3.05, 3.63) is 35.9 Å². The molecule has 0 bridgehead atoms. The van der Waals surface area contributed by atoms with Gasteiger partial charge in [0.15, 0.2) is 6.04 Å². The lowest BCUT2D eigenvalue weighted by Crippen LogP contribution is -2.59. The summed E-state index contributed by atoms with van der Waals surface area (Å²) in [5, 5.41) is 34.9. The van der Waals surface area contributed by atoms with Crippen molar-refractivity contribution >= 4 is 29.7 Å². The van der Waals surface area contributed by atoms with Crippen LogP contribution in [0.3, 0.4) is 0 Å². The van der Waals surface area contributed by atoms with Gasteiger partial charge in [0.1, 0.15) is 12.1 Å². The standard InChI is InChI=1S/C23H34N4O8/c1-12(2)18(22(33)27-19(13(3)28)23(34)35)26-21(32)16(9-10-17(29)30)25-20(31)15(24)11-14-7-5-4-6-8-14/h4-8,12-13,15-16,18-19,28H,9-11,24H2,1-3H3,(H,25,31)(H,26,32)(H,27,33)(H,29,30)(H,34,35). The molecule has 5 atom stereocenters. The maximum absolute atomic E-state index is 12.9. The molecule has 1 rings (SSSR count). The first kappa shape index (κ1) is 29.5. The van der Waals surface area contributed by atoms with Crippen LogP contribution in [0.5, 0.6) is 0 Å². The van der Waals surface area contributed by atoms with Gasteiger partial charge < -0.3 is 37.0 Å². The van der Waals surface area contributed by atoms with Crippen molar-refractivity contribution in [3.63, 3.8) is 0 Å². The third-order valence-corrected chi connectivity index (χ3v) is 5.21. The summed E-state index contributed by atoms with van der Waals surface area (Å²) >= 11 is 0. The number of carboxylic acid groups (broad SMARTS) is 2. The SMILES string of the molecule is CC(C)C(NC(=O)C(CCC(=O)O)NC(=O)C(N)Cc1ccccc1)C(=O)NC(C(=O)O)C(C)O. The minimum absolute atomic E-state index is 0.187. The predicted molar refractivity (Wildman–Crippen MR) is 125 cm³/mol. The van der Waals surface area contributed by atoms with Crippen LogP contribution in [0.1, 0.15) is 39.2 Å². The van der Waals surface area contributed by atoms with Crippen LogP contribution in [-0.4, -0.2) is 75.3 Å². The number of amides is 3. The molecule has 0 fully saturated rings. The number of hydrogen-bond donors (Lipinski definition) is 7. The summed E-state index contributed by atoms with van der Waals surface area (Å²) in [7, 11) is 0. The molecular weight excluding hydrogens is 460 g/mol. The van der Waals surface area contributed by atoms with Gasteiger partial charge in [-0.3, -0.25) is 19.2 Å².